The highest BCUT2D eigenvalue weighted by molar-refractivity contribution is 5.94. The number of nitrogens with zero attached hydrogens (tertiary/aromatic N) is 2. The number of phenolic OH excluding ortho intramolecular Hbond substituents is 1. The molecule has 0 bridgehead atoms. The number of hydrogen-bond donors (Lipinski definition) is 2. The molecule has 0 saturated carbocycles. The number of ether oxygens (including phenoxy) is 1. The summed E-state index contributed by atoms with van der Waals surface area (Å²) in [4.78, 5) is 17.1. The number of phenols is 1. The molecule has 28 heavy (non-hydrogen) atoms. The molecule has 0 aliphatic carbocycles. The fourth-order valence-corrected chi connectivity index (χ4v) is 2.99. The van der Waals surface area contributed by atoms with Gasteiger partial charge in [-0.25, -0.2) is 4.98 Å². The van der Waals surface area contributed by atoms with E-state index >= 15 is 0 Å². The van der Waals surface area contributed by atoms with Crippen molar-refractivity contribution in [2.75, 3.05) is 7.11 Å². The molecule has 2 heterocycles. The fourth-order valence-electron chi connectivity index (χ4n) is 2.99. The average molecular weight is 373 g/mol. The molecule has 0 atom stereocenters. The second-order valence-electron chi connectivity index (χ2n) is 6.36. The number of aromatic hydroxyl groups is 1. The number of imidazole rings is 1. The number of aromatic nitrogens is 2. The van der Waals surface area contributed by atoms with Crippen LogP contribution in [0.5, 0.6) is 11.5 Å². The molecule has 0 fully saturated rings. The zero-order chi connectivity index (χ0) is 19.5. The molecule has 1 amide bonds. The zero-order valence-corrected chi connectivity index (χ0v) is 15.3. The highest BCUT2D eigenvalue weighted by atomic mass is 16.5. The summed E-state index contributed by atoms with van der Waals surface area (Å²) in [7, 11) is 1.49. The van der Waals surface area contributed by atoms with Crippen LogP contribution in [0.2, 0.25) is 0 Å². The zero-order valence-electron chi connectivity index (χ0n) is 15.3. The molecular formula is C22H19N3O3. The third-order valence-corrected chi connectivity index (χ3v) is 4.48. The molecule has 0 radical (unpaired) electrons. The Bertz CT molecular complexity index is 1140. The van der Waals surface area contributed by atoms with Crippen molar-refractivity contribution in [3.8, 4) is 22.8 Å². The molecular weight excluding hydrogens is 354 g/mol. The van der Waals surface area contributed by atoms with Crippen LogP contribution in [0.1, 0.15) is 15.9 Å². The summed E-state index contributed by atoms with van der Waals surface area (Å²) in [6.07, 6.45) is 3.67. The molecule has 0 aliphatic rings. The van der Waals surface area contributed by atoms with Gasteiger partial charge in [0.25, 0.3) is 5.91 Å². The molecule has 6 nitrogen and oxygen atoms in total. The standard InChI is InChI=1S/C22H19N3O3/c1-28-20-11-15(7-9-19(20)26)12-23-22(27)17-8-10-21-24-18(14-25(21)13-17)16-5-3-2-4-6-16/h2-11,13-14,26H,12H2,1H3,(H,23,27). The summed E-state index contributed by atoms with van der Waals surface area (Å²) < 4.78 is 6.94. The van der Waals surface area contributed by atoms with Gasteiger partial charge in [-0.15, -0.1) is 0 Å². The van der Waals surface area contributed by atoms with Gasteiger partial charge in [-0.05, 0) is 29.8 Å². The van der Waals surface area contributed by atoms with E-state index in [1.807, 2.05) is 47.0 Å². The topological polar surface area (TPSA) is 75.9 Å². The molecule has 2 aromatic heterocycles. The molecule has 0 aliphatic heterocycles. The first-order chi connectivity index (χ1) is 13.6. The minimum atomic E-state index is -0.191. The van der Waals surface area contributed by atoms with E-state index in [-0.39, 0.29) is 11.7 Å². The van der Waals surface area contributed by atoms with Crippen molar-refractivity contribution in [1.82, 2.24) is 14.7 Å². The number of fused-ring (bicyclic) bond motifs is 1. The van der Waals surface area contributed by atoms with E-state index in [9.17, 15) is 9.90 Å². The summed E-state index contributed by atoms with van der Waals surface area (Å²) in [5, 5.41) is 12.5. The Morgan fingerprint density at radius 3 is 2.71 bits per heavy atom. The third-order valence-electron chi connectivity index (χ3n) is 4.48. The number of nitrogens with one attached hydrogen (secondary N) is 1. The van der Waals surface area contributed by atoms with Crippen LogP contribution in [0.4, 0.5) is 0 Å². The molecule has 0 unspecified atom stereocenters. The predicted octanol–water partition coefficient (Wildman–Crippen LogP) is 3.65. The van der Waals surface area contributed by atoms with Crippen LogP contribution in [0.3, 0.4) is 0 Å². The minimum absolute atomic E-state index is 0.0670. The monoisotopic (exact) mass is 373 g/mol. The Hall–Kier alpha value is -3.80. The van der Waals surface area contributed by atoms with E-state index in [2.05, 4.69) is 10.3 Å². The average Bonchev–Trinajstić information content (AvgIpc) is 3.17. The number of hydrogen-bond acceptors (Lipinski definition) is 4. The molecule has 6 heteroatoms. The maximum Gasteiger partial charge on any atom is 0.253 e. The van der Waals surface area contributed by atoms with Crippen LogP contribution < -0.4 is 10.1 Å². The Morgan fingerprint density at radius 1 is 1.11 bits per heavy atom. The van der Waals surface area contributed by atoms with Gasteiger partial charge in [0.1, 0.15) is 5.65 Å². The summed E-state index contributed by atoms with van der Waals surface area (Å²) >= 11 is 0. The maximum absolute atomic E-state index is 12.5. The second kappa shape index (κ2) is 7.44. The highest BCUT2D eigenvalue weighted by Crippen LogP contribution is 2.26. The normalized spacial score (nSPS) is 10.8. The van der Waals surface area contributed by atoms with Gasteiger partial charge in [-0.2, -0.15) is 0 Å². The Balaban J connectivity index is 1.51. The molecule has 4 rings (SSSR count). The minimum Gasteiger partial charge on any atom is -0.504 e. The number of carbonyl (C=O) groups excluding carboxylic acids is 1. The molecule has 2 aromatic carbocycles. The summed E-state index contributed by atoms with van der Waals surface area (Å²) in [5.41, 5.74) is 4.03. The number of carbonyl (C=O) groups is 1. The third kappa shape index (κ3) is 3.53. The molecule has 2 N–H and O–H groups in total. The van der Waals surface area contributed by atoms with Gasteiger partial charge in [0.05, 0.1) is 18.4 Å². The van der Waals surface area contributed by atoms with Crippen molar-refractivity contribution < 1.29 is 14.6 Å². The van der Waals surface area contributed by atoms with Gasteiger partial charge in [0.2, 0.25) is 0 Å². The Morgan fingerprint density at radius 2 is 1.93 bits per heavy atom. The van der Waals surface area contributed by atoms with Crippen LogP contribution in [0.25, 0.3) is 16.9 Å². The summed E-state index contributed by atoms with van der Waals surface area (Å²) in [5.74, 6) is 0.251. The van der Waals surface area contributed by atoms with Crippen LogP contribution in [-0.4, -0.2) is 27.5 Å². The van der Waals surface area contributed by atoms with Crippen molar-refractivity contribution in [2.24, 2.45) is 0 Å². The van der Waals surface area contributed by atoms with E-state index in [4.69, 9.17) is 4.74 Å². The van der Waals surface area contributed by atoms with Crippen LogP contribution in [0, 0.1) is 0 Å². The Kier molecular flexibility index (Phi) is 4.68. The fraction of sp³-hybridized carbons (Fsp3) is 0.0909. The highest BCUT2D eigenvalue weighted by Gasteiger charge is 2.10. The van der Waals surface area contributed by atoms with E-state index in [0.717, 1.165) is 22.5 Å². The van der Waals surface area contributed by atoms with E-state index in [1.54, 1.807) is 30.5 Å². The van der Waals surface area contributed by atoms with Gasteiger partial charge in [-0.1, -0.05) is 36.4 Å². The van der Waals surface area contributed by atoms with Gasteiger partial charge in [0, 0.05) is 24.5 Å². The first kappa shape index (κ1) is 17.6. The number of rotatable bonds is 5. The van der Waals surface area contributed by atoms with Crippen molar-refractivity contribution in [3.05, 3.63) is 84.2 Å². The van der Waals surface area contributed by atoms with Gasteiger partial charge in [-0.3, -0.25) is 4.79 Å². The van der Waals surface area contributed by atoms with Crippen molar-refractivity contribution >= 4 is 11.6 Å². The van der Waals surface area contributed by atoms with Crippen LogP contribution in [0.15, 0.2) is 73.1 Å². The summed E-state index contributed by atoms with van der Waals surface area (Å²) in [6, 6.07) is 18.5. The SMILES string of the molecule is COc1cc(CNC(=O)c2ccc3nc(-c4ccccc4)cn3c2)ccc1O. The lowest BCUT2D eigenvalue weighted by Gasteiger charge is -2.08. The van der Waals surface area contributed by atoms with Crippen molar-refractivity contribution in [3.63, 3.8) is 0 Å². The Labute approximate surface area is 162 Å². The second-order valence-corrected chi connectivity index (χ2v) is 6.36. The molecule has 4 aromatic rings. The number of methoxy groups -OCH3 is 1. The smallest absolute Gasteiger partial charge is 0.253 e. The van der Waals surface area contributed by atoms with Crippen molar-refractivity contribution in [2.45, 2.75) is 6.54 Å². The summed E-state index contributed by atoms with van der Waals surface area (Å²) in [6.45, 7) is 0.326. The van der Waals surface area contributed by atoms with Gasteiger partial charge < -0.3 is 19.6 Å². The van der Waals surface area contributed by atoms with E-state index < -0.39 is 0 Å². The molecule has 140 valence electrons. The first-order valence-electron chi connectivity index (χ1n) is 8.82. The predicted molar refractivity (Wildman–Crippen MR) is 106 cm³/mol. The van der Waals surface area contributed by atoms with Crippen LogP contribution in [-0.2, 0) is 6.54 Å². The largest absolute Gasteiger partial charge is 0.504 e. The first-order valence-corrected chi connectivity index (χ1v) is 8.82. The lowest BCUT2D eigenvalue weighted by molar-refractivity contribution is 0.0950. The van der Waals surface area contributed by atoms with Gasteiger partial charge >= 0.3 is 0 Å². The number of benzene rings is 2. The van der Waals surface area contributed by atoms with Crippen molar-refractivity contribution in [1.29, 1.82) is 0 Å². The lowest BCUT2D eigenvalue weighted by atomic mass is 10.2. The van der Waals surface area contributed by atoms with E-state index in [0.29, 0.717) is 17.9 Å². The maximum atomic E-state index is 12.5. The molecule has 0 saturated heterocycles. The van der Waals surface area contributed by atoms with E-state index in [1.165, 1.54) is 7.11 Å². The molecule has 0 spiro atoms. The quantitative estimate of drug-likeness (QED) is 0.560. The van der Waals surface area contributed by atoms with Crippen LogP contribution >= 0.6 is 0 Å². The number of amides is 1. The van der Waals surface area contributed by atoms with Gasteiger partial charge in [0.15, 0.2) is 11.5 Å². The number of pyridine rings is 1. The lowest BCUT2D eigenvalue weighted by Crippen LogP contribution is -2.23.